The fourth-order valence-corrected chi connectivity index (χ4v) is 2.47. The van der Waals surface area contributed by atoms with Gasteiger partial charge >= 0.3 is 6.09 Å². The van der Waals surface area contributed by atoms with Crippen LogP contribution in [-0.2, 0) is 9.47 Å². The highest BCUT2D eigenvalue weighted by atomic mass is 127. The van der Waals surface area contributed by atoms with Gasteiger partial charge in [0.15, 0.2) is 0 Å². The summed E-state index contributed by atoms with van der Waals surface area (Å²) in [7, 11) is 1.62. The lowest BCUT2D eigenvalue weighted by molar-refractivity contribution is -0.0157. The number of hydrogen-bond donors (Lipinski definition) is 1. The van der Waals surface area contributed by atoms with E-state index in [2.05, 4.69) is 27.9 Å². The van der Waals surface area contributed by atoms with E-state index in [9.17, 15) is 4.79 Å². The predicted octanol–water partition coefficient (Wildman–Crippen LogP) is 3.50. The van der Waals surface area contributed by atoms with Crippen molar-refractivity contribution in [2.45, 2.75) is 39.0 Å². The first-order chi connectivity index (χ1) is 8.95. The quantitative estimate of drug-likeness (QED) is 0.800. The van der Waals surface area contributed by atoms with E-state index in [0.29, 0.717) is 0 Å². The Morgan fingerprint density at radius 1 is 1.26 bits per heavy atom. The highest BCUT2D eigenvalue weighted by Gasteiger charge is 2.24. The number of ether oxygens (including phenoxy) is 2. The van der Waals surface area contributed by atoms with E-state index in [-0.39, 0.29) is 18.2 Å². The molecular weight excluding hydrogens is 357 g/mol. The molecule has 106 valence electrons. The van der Waals surface area contributed by atoms with Crippen molar-refractivity contribution in [1.29, 1.82) is 0 Å². The molecular formula is C14H20INO3. The van der Waals surface area contributed by atoms with Gasteiger partial charge in [-0.05, 0) is 55.0 Å². The Morgan fingerprint density at radius 3 is 2.42 bits per heavy atom. The van der Waals surface area contributed by atoms with Crippen LogP contribution in [0.15, 0.2) is 24.3 Å². The van der Waals surface area contributed by atoms with E-state index in [1.807, 2.05) is 45.0 Å². The van der Waals surface area contributed by atoms with Crippen LogP contribution in [0.2, 0.25) is 0 Å². The molecule has 19 heavy (non-hydrogen) atoms. The molecule has 0 radical (unpaired) electrons. The second kappa shape index (κ2) is 7.69. The van der Waals surface area contributed by atoms with Gasteiger partial charge in [-0.3, -0.25) is 0 Å². The number of rotatable bonds is 5. The fraction of sp³-hybridized carbons (Fsp3) is 0.500. The molecule has 4 nitrogen and oxygen atoms in total. The van der Waals surface area contributed by atoms with Crippen LogP contribution in [0.25, 0.3) is 0 Å². The smallest absolute Gasteiger partial charge is 0.407 e. The molecule has 5 heteroatoms. The molecule has 0 heterocycles. The van der Waals surface area contributed by atoms with Crippen molar-refractivity contribution in [1.82, 2.24) is 5.32 Å². The van der Waals surface area contributed by atoms with Crippen LogP contribution in [0, 0.1) is 3.57 Å². The summed E-state index contributed by atoms with van der Waals surface area (Å²) in [5.41, 5.74) is 1.02. The standard InChI is InChI=1S/C14H20INO3/c1-9(2)16-14(17)19-10(3)13(18-4)11-7-5-6-8-12(11)15/h5-10,13H,1-4H3,(H,16,17)/t10-,13+/m0/s1. The average molecular weight is 377 g/mol. The number of benzene rings is 1. The van der Waals surface area contributed by atoms with Gasteiger partial charge in [0, 0.05) is 16.7 Å². The lowest BCUT2D eigenvalue weighted by atomic mass is 10.1. The third kappa shape index (κ3) is 4.99. The number of hydrogen-bond acceptors (Lipinski definition) is 3. The summed E-state index contributed by atoms with van der Waals surface area (Å²) in [5, 5.41) is 2.70. The number of methoxy groups -OCH3 is 1. The Kier molecular flexibility index (Phi) is 6.57. The molecule has 0 fully saturated rings. The maximum absolute atomic E-state index is 11.6. The maximum atomic E-state index is 11.6. The summed E-state index contributed by atoms with van der Waals surface area (Å²) in [6.45, 7) is 5.61. The number of amides is 1. The molecule has 0 aliphatic rings. The number of carbonyl (C=O) groups is 1. The minimum absolute atomic E-state index is 0.0533. The van der Waals surface area contributed by atoms with Gasteiger partial charge in [-0.1, -0.05) is 18.2 Å². The Hall–Kier alpha value is -0.820. The normalized spacial score (nSPS) is 14.0. The molecule has 2 atom stereocenters. The van der Waals surface area contributed by atoms with Crippen LogP contribution < -0.4 is 5.32 Å². The third-order valence-corrected chi connectivity index (χ3v) is 3.57. The largest absolute Gasteiger partial charge is 0.443 e. The highest BCUT2D eigenvalue weighted by Crippen LogP contribution is 2.26. The van der Waals surface area contributed by atoms with Crippen molar-refractivity contribution in [2.75, 3.05) is 7.11 Å². The summed E-state index contributed by atoms with van der Waals surface area (Å²) < 4.78 is 11.9. The Balaban J connectivity index is 2.75. The van der Waals surface area contributed by atoms with Crippen molar-refractivity contribution >= 4 is 28.7 Å². The Labute approximate surface area is 128 Å². The van der Waals surface area contributed by atoms with Gasteiger partial charge < -0.3 is 14.8 Å². The van der Waals surface area contributed by atoms with Crippen LogP contribution in [0.3, 0.4) is 0 Å². The second-order valence-electron chi connectivity index (χ2n) is 4.59. The molecule has 0 unspecified atom stereocenters. The van der Waals surface area contributed by atoms with Crippen LogP contribution in [0.5, 0.6) is 0 Å². The van der Waals surface area contributed by atoms with Crippen molar-refractivity contribution in [3.8, 4) is 0 Å². The van der Waals surface area contributed by atoms with E-state index >= 15 is 0 Å². The van der Waals surface area contributed by atoms with Gasteiger partial charge in [-0.25, -0.2) is 4.79 Å². The van der Waals surface area contributed by atoms with Gasteiger partial charge in [0.1, 0.15) is 12.2 Å². The van der Waals surface area contributed by atoms with Crippen molar-refractivity contribution in [2.24, 2.45) is 0 Å². The zero-order valence-electron chi connectivity index (χ0n) is 11.6. The monoisotopic (exact) mass is 377 g/mol. The first-order valence-corrected chi connectivity index (χ1v) is 7.28. The van der Waals surface area contributed by atoms with E-state index in [1.54, 1.807) is 7.11 Å². The van der Waals surface area contributed by atoms with Gasteiger partial charge in [0.05, 0.1) is 0 Å². The lowest BCUT2D eigenvalue weighted by Crippen LogP contribution is -2.35. The molecule has 0 spiro atoms. The molecule has 0 aliphatic carbocycles. The average Bonchev–Trinajstić information content (AvgIpc) is 2.31. The number of halogens is 1. The summed E-state index contributed by atoms with van der Waals surface area (Å²) >= 11 is 2.25. The molecule has 0 saturated heterocycles. The van der Waals surface area contributed by atoms with Crippen LogP contribution in [-0.4, -0.2) is 25.3 Å². The second-order valence-corrected chi connectivity index (χ2v) is 5.75. The van der Waals surface area contributed by atoms with E-state index in [0.717, 1.165) is 9.13 Å². The number of alkyl carbamates (subject to hydrolysis) is 1. The fourth-order valence-electron chi connectivity index (χ4n) is 1.78. The van der Waals surface area contributed by atoms with Crippen LogP contribution >= 0.6 is 22.6 Å². The summed E-state index contributed by atoms with van der Waals surface area (Å²) in [6.07, 6.45) is -1.05. The molecule has 1 amide bonds. The first-order valence-electron chi connectivity index (χ1n) is 6.20. The molecule has 0 saturated carbocycles. The lowest BCUT2D eigenvalue weighted by Gasteiger charge is -2.24. The molecule has 1 aromatic carbocycles. The molecule has 0 aliphatic heterocycles. The van der Waals surface area contributed by atoms with Crippen LogP contribution in [0.4, 0.5) is 4.79 Å². The number of nitrogens with one attached hydrogen (secondary N) is 1. The Bertz CT molecular complexity index is 423. The summed E-state index contributed by atoms with van der Waals surface area (Å²) in [6, 6.07) is 7.95. The van der Waals surface area contributed by atoms with E-state index < -0.39 is 6.09 Å². The van der Waals surface area contributed by atoms with Crippen molar-refractivity contribution < 1.29 is 14.3 Å². The van der Waals surface area contributed by atoms with Gasteiger partial charge in [-0.2, -0.15) is 0 Å². The number of carbonyl (C=O) groups excluding carboxylic acids is 1. The van der Waals surface area contributed by atoms with E-state index in [4.69, 9.17) is 9.47 Å². The molecule has 1 aromatic rings. The van der Waals surface area contributed by atoms with E-state index in [1.165, 1.54) is 0 Å². The topological polar surface area (TPSA) is 47.6 Å². The third-order valence-electron chi connectivity index (χ3n) is 2.59. The van der Waals surface area contributed by atoms with Gasteiger partial charge in [0.25, 0.3) is 0 Å². The summed E-state index contributed by atoms with van der Waals surface area (Å²) in [5.74, 6) is 0. The summed E-state index contributed by atoms with van der Waals surface area (Å²) in [4.78, 5) is 11.6. The molecule has 0 aromatic heterocycles. The highest BCUT2D eigenvalue weighted by molar-refractivity contribution is 14.1. The SMILES string of the molecule is CO[C@@H](c1ccccc1I)[C@H](C)OC(=O)NC(C)C. The molecule has 1 N–H and O–H groups in total. The Morgan fingerprint density at radius 2 is 1.89 bits per heavy atom. The van der Waals surface area contributed by atoms with Gasteiger partial charge in [0.2, 0.25) is 0 Å². The minimum Gasteiger partial charge on any atom is -0.443 e. The molecule has 0 bridgehead atoms. The van der Waals surface area contributed by atoms with Gasteiger partial charge in [-0.15, -0.1) is 0 Å². The van der Waals surface area contributed by atoms with Crippen molar-refractivity contribution in [3.05, 3.63) is 33.4 Å². The zero-order chi connectivity index (χ0) is 14.4. The zero-order valence-corrected chi connectivity index (χ0v) is 13.8. The van der Waals surface area contributed by atoms with Crippen molar-refractivity contribution in [3.63, 3.8) is 0 Å². The minimum atomic E-state index is -0.421. The first kappa shape index (κ1) is 16.2. The maximum Gasteiger partial charge on any atom is 0.407 e. The molecule has 1 rings (SSSR count). The predicted molar refractivity (Wildman–Crippen MR) is 83.1 cm³/mol. The van der Waals surface area contributed by atoms with Crippen LogP contribution in [0.1, 0.15) is 32.4 Å².